The lowest BCUT2D eigenvalue weighted by molar-refractivity contribution is -0.119. The van der Waals surface area contributed by atoms with Crippen LogP contribution in [0.1, 0.15) is 24.0 Å². The number of imidazole rings is 1. The summed E-state index contributed by atoms with van der Waals surface area (Å²) in [6.07, 6.45) is 7.22. The molecule has 5 rings (SSSR count). The monoisotopic (exact) mass is 317 g/mol. The van der Waals surface area contributed by atoms with Crippen LogP contribution in [-0.2, 0) is 11.2 Å². The Kier molecular flexibility index (Phi) is 2.84. The molecule has 0 radical (unpaired) electrons. The molecule has 1 aliphatic heterocycles. The summed E-state index contributed by atoms with van der Waals surface area (Å²) in [5, 5.41) is 0. The summed E-state index contributed by atoms with van der Waals surface area (Å²) < 4.78 is 2.07. The summed E-state index contributed by atoms with van der Waals surface area (Å²) >= 11 is 0. The maximum absolute atomic E-state index is 12.4. The normalized spacial score (nSPS) is 16.6. The van der Waals surface area contributed by atoms with Crippen molar-refractivity contribution < 1.29 is 4.79 Å². The van der Waals surface area contributed by atoms with Crippen molar-refractivity contribution in [1.82, 2.24) is 9.38 Å². The van der Waals surface area contributed by atoms with Crippen LogP contribution in [-0.4, -0.2) is 21.8 Å². The first kappa shape index (κ1) is 13.8. The van der Waals surface area contributed by atoms with E-state index in [1.807, 2.05) is 11.0 Å². The van der Waals surface area contributed by atoms with E-state index in [2.05, 4.69) is 48.0 Å². The molecular formula is C20H19N3O. The standard InChI is InChI=1S/C20H19N3O/c1-13-2-7-19-21-17(12-22(19)11-13)15-5-6-18-16(10-15)8-9-23(18)20(24)14-3-4-14/h2,5-7,10-12,14H,3-4,8-9H2,1H3. The molecule has 3 heterocycles. The highest BCUT2D eigenvalue weighted by Crippen LogP contribution is 2.37. The van der Waals surface area contributed by atoms with Crippen molar-refractivity contribution in [3.63, 3.8) is 0 Å². The van der Waals surface area contributed by atoms with Crippen LogP contribution in [0.3, 0.4) is 0 Å². The average Bonchev–Trinajstić information content (AvgIpc) is 3.22. The van der Waals surface area contributed by atoms with Gasteiger partial charge in [0.05, 0.1) is 5.69 Å². The summed E-state index contributed by atoms with van der Waals surface area (Å²) in [6.45, 7) is 2.90. The van der Waals surface area contributed by atoms with Gasteiger partial charge in [0, 0.05) is 36.1 Å². The number of carbonyl (C=O) groups is 1. The Morgan fingerprint density at radius 2 is 2.04 bits per heavy atom. The quantitative estimate of drug-likeness (QED) is 0.724. The summed E-state index contributed by atoms with van der Waals surface area (Å²) in [6, 6.07) is 10.5. The summed E-state index contributed by atoms with van der Waals surface area (Å²) in [5.41, 5.74) is 6.63. The zero-order chi connectivity index (χ0) is 16.3. The number of aryl methyl sites for hydroxylation is 1. The fourth-order valence-electron chi connectivity index (χ4n) is 3.58. The van der Waals surface area contributed by atoms with Crippen molar-refractivity contribution >= 4 is 17.2 Å². The van der Waals surface area contributed by atoms with Gasteiger partial charge in [-0.3, -0.25) is 4.79 Å². The Bertz CT molecular complexity index is 968. The van der Waals surface area contributed by atoms with Gasteiger partial charge in [0.15, 0.2) is 0 Å². The van der Waals surface area contributed by atoms with Gasteiger partial charge >= 0.3 is 0 Å². The minimum absolute atomic E-state index is 0.275. The predicted molar refractivity (Wildman–Crippen MR) is 94.1 cm³/mol. The van der Waals surface area contributed by atoms with Crippen LogP contribution >= 0.6 is 0 Å². The number of aromatic nitrogens is 2. The number of anilines is 1. The van der Waals surface area contributed by atoms with Crippen molar-refractivity contribution in [3.05, 3.63) is 53.9 Å². The van der Waals surface area contributed by atoms with Crippen molar-refractivity contribution in [2.24, 2.45) is 5.92 Å². The number of hydrogen-bond acceptors (Lipinski definition) is 2. The predicted octanol–water partition coefficient (Wildman–Crippen LogP) is 3.61. The third-order valence-corrected chi connectivity index (χ3v) is 5.06. The van der Waals surface area contributed by atoms with Gasteiger partial charge in [-0.25, -0.2) is 4.98 Å². The fourth-order valence-corrected chi connectivity index (χ4v) is 3.58. The first-order valence-electron chi connectivity index (χ1n) is 8.59. The highest BCUT2D eigenvalue weighted by atomic mass is 16.2. The number of hydrogen-bond donors (Lipinski definition) is 0. The second kappa shape index (κ2) is 4.94. The third-order valence-electron chi connectivity index (χ3n) is 5.06. The number of nitrogens with zero attached hydrogens (tertiary/aromatic N) is 3. The van der Waals surface area contributed by atoms with Crippen LogP contribution in [0.4, 0.5) is 5.69 Å². The van der Waals surface area contributed by atoms with Gasteiger partial charge in [0.2, 0.25) is 5.91 Å². The molecule has 1 amide bonds. The van der Waals surface area contributed by atoms with E-state index in [0.717, 1.165) is 48.4 Å². The molecule has 2 aliphatic rings. The van der Waals surface area contributed by atoms with E-state index in [1.165, 1.54) is 11.1 Å². The molecule has 0 atom stereocenters. The van der Waals surface area contributed by atoms with Crippen LogP contribution in [0.5, 0.6) is 0 Å². The average molecular weight is 317 g/mol. The molecule has 24 heavy (non-hydrogen) atoms. The van der Waals surface area contributed by atoms with Gasteiger partial charge in [0.1, 0.15) is 5.65 Å². The molecule has 1 aliphatic carbocycles. The summed E-state index contributed by atoms with van der Waals surface area (Å²) in [5.74, 6) is 0.585. The maximum Gasteiger partial charge on any atom is 0.230 e. The lowest BCUT2D eigenvalue weighted by Gasteiger charge is -2.17. The number of benzene rings is 1. The van der Waals surface area contributed by atoms with Gasteiger partial charge in [0.25, 0.3) is 0 Å². The molecule has 3 aromatic rings. The Morgan fingerprint density at radius 3 is 2.88 bits per heavy atom. The van der Waals surface area contributed by atoms with E-state index in [1.54, 1.807) is 0 Å². The van der Waals surface area contributed by atoms with Gasteiger partial charge < -0.3 is 9.30 Å². The van der Waals surface area contributed by atoms with Crippen LogP contribution in [0.25, 0.3) is 16.9 Å². The SMILES string of the molecule is Cc1ccc2nc(-c3ccc4c(c3)CCN4C(=O)C3CC3)cn2c1. The Morgan fingerprint density at radius 1 is 1.17 bits per heavy atom. The molecular weight excluding hydrogens is 298 g/mol. The van der Waals surface area contributed by atoms with Gasteiger partial charge in [-0.2, -0.15) is 0 Å². The molecule has 0 N–H and O–H groups in total. The number of fused-ring (bicyclic) bond motifs is 2. The summed E-state index contributed by atoms with van der Waals surface area (Å²) in [4.78, 5) is 19.1. The van der Waals surface area contributed by atoms with E-state index in [0.29, 0.717) is 5.91 Å². The van der Waals surface area contributed by atoms with E-state index >= 15 is 0 Å². The molecule has 0 unspecified atom stereocenters. The second-order valence-corrected chi connectivity index (χ2v) is 6.96. The molecule has 1 fully saturated rings. The minimum Gasteiger partial charge on any atom is -0.312 e. The molecule has 4 heteroatoms. The van der Waals surface area contributed by atoms with Gasteiger partial charge in [-0.1, -0.05) is 12.1 Å². The van der Waals surface area contributed by atoms with E-state index < -0.39 is 0 Å². The molecule has 2 aromatic heterocycles. The summed E-state index contributed by atoms with van der Waals surface area (Å²) in [7, 11) is 0. The maximum atomic E-state index is 12.4. The van der Waals surface area contributed by atoms with Gasteiger partial charge in [-0.05, 0) is 55.5 Å². The number of pyridine rings is 1. The van der Waals surface area contributed by atoms with E-state index in [-0.39, 0.29) is 5.92 Å². The topological polar surface area (TPSA) is 37.6 Å². The Balaban J connectivity index is 1.52. The lowest BCUT2D eigenvalue weighted by atomic mass is 10.1. The molecule has 4 nitrogen and oxygen atoms in total. The van der Waals surface area contributed by atoms with Crippen LogP contribution < -0.4 is 4.90 Å². The molecule has 0 bridgehead atoms. The second-order valence-electron chi connectivity index (χ2n) is 6.96. The first-order chi connectivity index (χ1) is 11.7. The number of amides is 1. The largest absolute Gasteiger partial charge is 0.312 e. The van der Waals surface area contributed by atoms with Crippen LogP contribution in [0.15, 0.2) is 42.7 Å². The van der Waals surface area contributed by atoms with E-state index in [4.69, 9.17) is 4.98 Å². The van der Waals surface area contributed by atoms with E-state index in [9.17, 15) is 4.79 Å². The first-order valence-corrected chi connectivity index (χ1v) is 8.59. The molecule has 0 saturated heterocycles. The Labute approximate surface area is 140 Å². The van der Waals surface area contributed by atoms with Gasteiger partial charge in [-0.15, -0.1) is 0 Å². The highest BCUT2D eigenvalue weighted by Gasteiger charge is 2.36. The molecule has 1 aromatic carbocycles. The Hall–Kier alpha value is -2.62. The number of rotatable bonds is 2. The zero-order valence-electron chi connectivity index (χ0n) is 13.7. The van der Waals surface area contributed by atoms with Crippen molar-refractivity contribution in [3.8, 4) is 11.3 Å². The molecule has 120 valence electrons. The van der Waals surface area contributed by atoms with Crippen LogP contribution in [0, 0.1) is 12.8 Å². The van der Waals surface area contributed by atoms with Crippen molar-refractivity contribution in [1.29, 1.82) is 0 Å². The lowest BCUT2D eigenvalue weighted by Crippen LogP contribution is -2.30. The smallest absolute Gasteiger partial charge is 0.230 e. The fraction of sp³-hybridized carbons (Fsp3) is 0.300. The number of carbonyl (C=O) groups excluding carboxylic acids is 1. The minimum atomic E-state index is 0.275. The third kappa shape index (κ3) is 2.13. The molecule has 1 saturated carbocycles. The zero-order valence-corrected chi connectivity index (χ0v) is 13.7. The van der Waals surface area contributed by atoms with Crippen molar-refractivity contribution in [2.75, 3.05) is 11.4 Å². The molecule has 0 spiro atoms. The highest BCUT2D eigenvalue weighted by molar-refractivity contribution is 5.98. The van der Waals surface area contributed by atoms with Crippen LogP contribution in [0.2, 0.25) is 0 Å². The van der Waals surface area contributed by atoms with Crippen molar-refractivity contribution in [2.45, 2.75) is 26.2 Å².